The SMILES string of the molecule is CCCNCc1cnnn1-c1ccc(Cl)c(F)c1. The zero-order valence-electron chi connectivity index (χ0n) is 10.0. The topological polar surface area (TPSA) is 42.7 Å². The van der Waals surface area contributed by atoms with Crippen LogP contribution >= 0.6 is 11.6 Å². The fourth-order valence-corrected chi connectivity index (χ4v) is 1.72. The van der Waals surface area contributed by atoms with Crippen LogP contribution in [0, 0.1) is 5.82 Å². The Morgan fingerprint density at radius 1 is 1.44 bits per heavy atom. The molecule has 96 valence electrons. The Hall–Kier alpha value is -1.46. The highest BCUT2D eigenvalue weighted by Gasteiger charge is 2.08. The van der Waals surface area contributed by atoms with E-state index in [0.29, 0.717) is 12.2 Å². The van der Waals surface area contributed by atoms with Crippen LogP contribution in [0.2, 0.25) is 5.02 Å². The van der Waals surface area contributed by atoms with Crippen molar-refractivity contribution in [2.75, 3.05) is 6.54 Å². The first kappa shape index (κ1) is 13.0. The fourth-order valence-electron chi connectivity index (χ4n) is 1.60. The number of hydrogen-bond acceptors (Lipinski definition) is 3. The highest BCUT2D eigenvalue weighted by molar-refractivity contribution is 6.30. The molecule has 0 unspecified atom stereocenters. The molecule has 4 nitrogen and oxygen atoms in total. The molecule has 0 radical (unpaired) electrons. The van der Waals surface area contributed by atoms with Gasteiger partial charge in [-0.25, -0.2) is 9.07 Å². The van der Waals surface area contributed by atoms with Crippen molar-refractivity contribution in [3.8, 4) is 5.69 Å². The van der Waals surface area contributed by atoms with Gasteiger partial charge in [-0.15, -0.1) is 5.10 Å². The molecule has 0 amide bonds. The standard InChI is InChI=1S/C12H14ClFN4/c1-2-5-15-7-10-8-16-17-18(10)9-3-4-11(13)12(14)6-9/h3-4,6,8,15H,2,5,7H2,1H3. The molecule has 0 spiro atoms. The smallest absolute Gasteiger partial charge is 0.143 e. The van der Waals surface area contributed by atoms with Gasteiger partial charge in [0, 0.05) is 12.6 Å². The lowest BCUT2D eigenvalue weighted by Gasteiger charge is -2.07. The number of nitrogens with zero attached hydrogens (tertiary/aromatic N) is 3. The predicted molar refractivity (Wildman–Crippen MR) is 68.3 cm³/mol. The molecule has 1 N–H and O–H groups in total. The van der Waals surface area contributed by atoms with Crippen LogP contribution in [-0.4, -0.2) is 21.5 Å². The molecule has 18 heavy (non-hydrogen) atoms. The van der Waals surface area contributed by atoms with Crippen molar-refractivity contribution in [2.45, 2.75) is 19.9 Å². The second kappa shape index (κ2) is 5.93. The minimum Gasteiger partial charge on any atom is -0.311 e. The van der Waals surface area contributed by atoms with E-state index in [1.54, 1.807) is 16.9 Å². The summed E-state index contributed by atoms with van der Waals surface area (Å²) in [6, 6.07) is 4.57. The van der Waals surface area contributed by atoms with Crippen molar-refractivity contribution < 1.29 is 4.39 Å². The van der Waals surface area contributed by atoms with Crippen molar-refractivity contribution in [3.05, 3.63) is 40.9 Å². The fraction of sp³-hybridized carbons (Fsp3) is 0.333. The number of rotatable bonds is 5. The Bertz CT molecular complexity index is 527. The maximum absolute atomic E-state index is 13.4. The van der Waals surface area contributed by atoms with Crippen LogP contribution in [0.15, 0.2) is 24.4 Å². The lowest BCUT2D eigenvalue weighted by Crippen LogP contribution is -2.16. The summed E-state index contributed by atoms with van der Waals surface area (Å²) in [5.41, 5.74) is 1.49. The van der Waals surface area contributed by atoms with Crippen LogP contribution in [0.25, 0.3) is 5.69 Å². The Balaban J connectivity index is 2.22. The van der Waals surface area contributed by atoms with Crippen LogP contribution in [0.5, 0.6) is 0 Å². The first-order valence-corrected chi connectivity index (χ1v) is 6.16. The summed E-state index contributed by atoms with van der Waals surface area (Å²) in [6.07, 6.45) is 2.71. The van der Waals surface area contributed by atoms with E-state index >= 15 is 0 Å². The molecule has 1 aromatic heterocycles. The normalized spacial score (nSPS) is 10.8. The van der Waals surface area contributed by atoms with Crippen molar-refractivity contribution in [3.63, 3.8) is 0 Å². The van der Waals surface area contributed by atoms with Gasteiger partial charge in [-0.05, 0) is 25.1 Å². The van der Waals surface area contributed by atoms with E-state index < -0.39 is 5.82 Å². The zero-order chi connectivity index (χ0) is 13.0. The lowest BCUT2D eigenvalue weighted by molar-refractivity contribution is 0.619. The van der Waals surface area contributed by atoms with Crippen molar-refractivity contribution in [1.29, 1.82) is 0 Å². The first-order chi connectivity index (χ1) is 8.72. The van der Waals surface area contributed by atoms with E-state index in [1.165, 1.54) is 12.1 Å². The summed E-state index contributed by atoms with van der Waals surface area (Å²) in [6.45, 7) is 3.66. The van der Waals surface area contributed by atoms with E-state index in [4.69, 9.17) is 11.6 Å². The number of benzene rings is 1. The summed E-state index contributed by atoms with van der Waals surface area (Å²) in [4.78, 5) is 0. The molecular weight excluding hydrogens is 255 g/mol. The van der Waals surface area contributed by atoms with Gasteiger partial charge >= 0.3 is 0 Å². The van der Waals surface area contributed by atoms with E-state index in [2.05, 4.69) is 22.6 Å². The molecule has 0 saturated carbocycles. The third-order valence-electron chi connectivity index (χ3n) is 2.50. The minimum atomic E-state index is -0.461. The summed E-state index contributed by atoms with van der Waals surface area (Å²) < 4.78 is 15.0. The number of aromatic nitrogens is 3. The van der Waals surface area contributed by atoms with Crippen molar-refractivity contribution in [1.82, 2.24) is 20.3 Å². The molecule has 0 bridgehead atoms. The Kier molecular flexibility index (Phi) is 4.28. The third-order valence-corrected chi connectivity index (χ3v) is 2.81. The molecule has 0 atom stereocenters. The van der Waals surface area contributed by atoms with Gasteiger partial charge < -0.3 is 5.32 Å². The summed E-state index contributed by atoms with van der Waals surface area (Å²) in [7, 11) is 0. The van der Waals surface area contributed by atoms with Gasteiger partial charge in [0.2, 0.25) is 0 Å². The van der Waals surface area contributed by atoms with Crippen LogP contribution < -0.4 is 5.32 Å². The number of hydrogen-bond donors (Lipinski definition) is 1. The Morgan fingerprint density at radius 3 is 3.00 bits per heavy atom. The third kappa shape index (κ3) is 2.86. The molecule has 0 fully saturated rings. The summed E-state index contributed by atoms with van der Waals surface area (Å²) in [5.74, 6) is -0.461. The Labute approximate surface area is 110 Å². The van der Waals surface area contributed by atoms with E-state index in [-0.39, 0.29) is 5.02 Å². The van der Waals surface area contributed by atoms with Crippen LogP contribution in [0.3, 0.4) is 0 Å². The summed E-state index contributed by atoms with van der Waals surface area (Å²) in [5, 5.41) is 11.2. The van der Waals surface area contributed by atoms with E-state index in [1.807, 2.05) is 0 Å². The molecule has 1 heterocycles. The molecule has 1 aromatic carbocycles. The second-order valence-corrected chi connectivity index (χ2v) is 4.32. The molecule has 0 aliphatic rings. The zero-order valence-corrected chi connectivity index (χ0v) is 10.8. The Morgan fingerprint density at radius 2 is 2.28 bits per heavy atom. The highest BCUT2D eigenvalue weighted by atomic mass is 35.5. The van der Waals surface area contributed by atoms with E-state index in [9.17, 15) is 4.39 Å². The van der Waals surface area contributed by atoms with E-state index in [0.717, 1.165) is 18.7 Å². The maximum atomic E-state index is 13.4. The second-order valence-electron chi connectivity index (χ2n) is 3.91. The molecule has 0 aliphatic heterocycles. The number of nitrogens with one attached hydrogen (secondary N) is 1. The molecule has 2 rings (SSSR count). The quantitative estimate of drug-likeness (QED) is 0.848. The highest BCUT2D eigenvalue weighted by Crippen LogP contribution is 2.18. The average molecular weight is 269 g/mol. The van der Waals surface area contributed by atoms with Gasteiger partial charge in [-0.2, -0.15) is 0 Å². The van der Waals surface area contributed by atoms with Crippen LogP contribution in [0.4, 0.5) is 4.39 Å². The molecule has 0 saturated heterocycles. The summed E-state index contributed by atoms with van der Waals surface area (Å²) >= 11 is 5.65. The molecule has 0 aliphatic carbocycles. The molecule has 6 heteroatoms. The average Bonchev–Trinajstić information content (AvgIpc) is 2.81. The molecule has 2 aromatic rings. The van der Waals surface area contributed by atoms with Crippen LogP contribution in [0.1, 0.15) is 19.0 Å². The van der Waals surface area contributed by atoms with Crippen molar-refractivity contribution in [2.24, 2.45) is 0 Å². The van der Waals surface area contributed by atoms with Gasteiger partial charge in [0.05, 0.1) is 22.6 Å². The van der Waals surface area contributed by atoms with Gasteiger partial charge in [-0.3, -0.25) is 0 Å². The minimum absolute atomic E-state index is 0.101. The lowest BCUT2D eigenvalue weighted by atomic mass is 10.3. The molecular formula is C12H14ClFN4. The van der Waals surface area contributed by atoms with Gasteiger partial charge in [0.25, 0.3) is 0 Å². The van der Waals surface area contributed by atoms with Gasteiger partial charge in [0.15, 0.2) is 0 Å². The number of halogens is 2. The first-order valence-electron chi connectivity index (χ1n) is 5.78. The monoisotopic (exact) mass is 268 g/mol. The van der Waals surface area contributed by atoms with Gasteiger partial charge in [-0.1, -0.05) is 23.7 Å². The predicted octanol–water partition coefficient (Wildman–Crippen LogP) is 2.56. The van der Waals surface area contributed by atoms with Crippen molar-refractivity contribution >= 4 is 11.6 Å². The van der Waals surface area contributed by atoms with Crippen LogP contribution in [-0.2, 0) is 6.54 Å². The largest absolute Gasteiger partial charge is 0.311 e. The van der Waals surface area contributed by atoms with Gasteiger partial charge in [0.1, 0.15) is 5.82 Å². The maximum Gasteiger partial charge on any atom is 0.143 e.